The molecule has 0 fully saturated rings. The van der Waals surface area contributed by atoms with Crippen LogP contribution in [0.1, 0.15) is 29.5 Å². The van der Waals surface area contributed by atoms with E-state index in [-0.39, 0.29) is 0 Å². The van der Waals surface area contributed by atoms with E-state index in [4.69, 9.17) is 5.14 Å². The van der Waals surface area contributed by atoms with Crippen LogP contribution in [0.4, 0.5) is 5.69 Å². The zero-order valence-electron chi connectivity index (χ0n) is 9.54. The summed E-state index contributed by atoms with van der Waals surface area (Å²) in [4.78, 5) is 2.58. The maximum Gasteiger partial charge on any atom is 0.0431 e. The molecule has 0 unspecified atom stereocenters. The Morgan fingerprint density at radius 2 is 1.75 bits per heavy atom. The summed E-state index contributed by atoms with van der Waals surface area (Å²) in [5.74, 6) is 0.945. The van der Waals surface area contributed by atoms with Gasteiger partial charge in [0.15, 0.2) is 0 Å². The second-order valence-corrected chi connectivity index (χ2v) is 5.39. The summed E-state index contributed by atoms with van der Waals surface area (Å²) >= 11 is 1.43. The van der Waals surface area contributed by atoms with Gasteiger partial charge in [0.05, 0.1) is 0 Å². The Bertz CT molecular complexity index is 372. The van der Waals surface area contributed by atoms with E-state index in [9.17, 15) is 0 Å². The quantitative estimate of drug-likeness (QED) is 0.797. The van der Waals surface area contributed by atoms with Crippen molar-refractivity contribution in [1.29, 1.82) is 0 Å². The summed E-state index contributed by atoms with van der Waals surface area (Å²) in [6, 6.07) is 4.74. The number of hydrogen-bond donors (Lipinski definition) is 1. The molecule has 0 spiro atoms. The molecule has 0 saturated heterocycles. The van der Waals surface area contributed by atoms with Crippen molar-refractivity contribution in [3.05, 3.63) is 28.8 Å². The van der Waals surface area contributed by atoms with E-state index < -0.39 is 0 Å². The first-order valence-electron chi connectivity index (χ1n) is 6.10. The van der Waals surface area contributed by atoms with Gasteiger partial charge in [0.1, 0.15) is 0 Å². The molecule has 2 N–H and O–H groups in total. The van der Waals surface area contributed by atoms with Crippen LogP contribution in [0.2, 0.25) is 0 Å². The predicted molar refractivity (Wildman–Crippen MR) is 70.8 cm³/mol. The van der Waals surface area contributed by atoms with Gasteiger partial charge in [-0.15, -0.1) is 0 Å². The number of benzene rings is 1. The number of rotatable bonds is 2. The average Bonchev–Trinajstić information content (AvgIpc) is 2.30. The topological polar surface area (TPSA) is 29.3 Å². The van der Waals surface area contributed by atoms with Crippen molar-refractivity contribution in [1.82, 2.24) is 0 Å². The lowest BCUT2D eigenvalue weighted by Crippen LogP contribution is -2.34. The molecule has 0 bridgehead atoms. The lowest BCUT2D eigenvalue weighted by molar-refractivity contribution is 0.633. The maximum absolute atomic E-state index is 5.58. The van der Waals surface area contributed by atoms with Gasteiger partial charge >= 0.3 is 0 Å². The van der Waals surface area contributed by atoms with E-state index in [1.165, 1.54) is 56.3 Å². The third-order valence-corrected chi connectivity index (χ3v) is 4.14. The normalized spacial score (nSPS) is 18.4. The highest BCUT2D eigenvalue weighted by atomic mass is 32.2. The van der Waals surface area contributed by atoms with Gasteiger partial charge in [-0.25, -0.2) is 0 Å². The van der Waals surface area contributed by atoms with Gasteiger partial charge in [0.25, 0.3) is 0 Å². The van der Waals surface area contributed by atoms with Gasteiger partial charge in [-0.2, -0.15) is 0 Å². The number of anilines is 1. The molecule has 0 radical (unpaired) electrons. The molecule has 2 aliphatic rings. The van der Waals surface area contributed by atoms with Crippen molar-refractivity contribution >= 4 is 17.6 Å². The highest BCUT2D eigenvalue weighted by Gasteiger charge is 2.23. The summed E-state index contributed by atoms with van der Waals surface area (Å²) < 4.78 is 0. The molecule has 3 heteroatoms. The highest BCUT2D eigenvalue weighted by Crippen LogP contribution is 2.36. The summed E-state index contributed by atoms with van der Waals surface area (Å²) in [7, 11) is 0. The van der Waals surface area contributed by atoms with Crippen molar-refractivity contribution in [3.63, 3.8) is 0 Å². The van der Waals surface area contributed by atoms with Crippen molar-refractivity contribution in [2.75, 3.05) is 18.0 Å². The van der Waals surface area contributed by atoms with Gasteiger partial charge in [0.2, 0.25) is 0 Å². The molecule has 0 aliphatic carbocycles. The molecule has 1 aromatic carbocycles. The third-order valence-electron chi connectivity index (χ3n) is 3.64. The van der Waals surface area contributed by atoms with Crippen LogP contribution >= 0.6 is 11.9 Å². The van der Waals surface area contributed by atoms with E-state index in [2.05, 4.69) is 17.0 Å². The Morgan fingerprint density at radius 3 is 2.31 bits per heavy atom. The van der Waals surface area contributed by atoms with Gasteiger partial charge in [-0.1, -0.05) is 24.1 Å². The van der Waals surface area contributed by atoms with Crippen LogP contribution in [0.15, 0.2) is 12.1 Å². The fourth-order valence-electron chi connectivity index (χ4n) is 3.06. The summed E-state index contributed by atoms with van der Waals surface area (Å²) in [5, 5.41) is 5.58. The maximum atomic E-state index is 5.58. The number of hydrogen-bond acceptors (Lipinski definition) is 3. The van der Waals surface area contributed by atoms with E-state index in [0.717, 1.165) is 5.75 Å². The largest absolute Gasteiger partial charge is 0.371 e. The Balaban J connectivity index is 2.06. The molecule has 86 valence electrons. The number of aryl methyl sites for hydroxylation is 2. The second-order valence-electron chi connectivity index (χ2n) is 4.77. The first-order valence-corrected chi connectivity index (χ1v) is 7.14. The zero-order valence-corrected chi connectivity index (χ0v) is 10.4. The minimum absolute atomic E-state index is 0.945. The SMILES string of the molecule is NSCc1cc2c3c(c1)CCCN3CCC2. The second kappa shape index (κ2) is 4.30. The summed E-state index contributed by atoms with van der Waals surface area (Å²) in [6.45, 7) is 2.51. The van der Waals surface area contributed by atoms with Crippen LogP contribution in [0.25, 0.3) is 0 Å². The first-order chi connectivity index (χ1) is 7.88. The van der Waals surface area contributed by atoms with Gasteiger partial charge < -0.3 is 4.90 Å². The average molecular weight is 234 g/mol. The molecule has 0 amide bonds. The Morgan fingerprint density at radius 1 is 1.12 bits per heavy atom. The third kappa shape index (κ3) is 1.72. The first kappa shape index (κ1) is 10.5. The highest BCUT2D eigenvalue weighted by molar-refractivity contribution is 7.96. The fourth-order valence-corrected chi connectivity index (χ4v) is 3.41. The molecule has 2 aliphatic heterocycles. The van der Waals surface area contributed by atoms with Gasteiger partial charge in [-0.3, -0.25) is 5.14 Å². The molecule has 2 nitrogen and oxygen atoms in total. The minimum Gasteiger partial charge on any atom is -0.371 e. The van der Waals surface area contributed by atoms with Crippen LogP contribution < -0.4 is 10.0 Å². The molecule has 0 aromatic heterocycles. The Labute approximate surface area is 101 Å². The zero-order chi connectivity index (χ0) is 11.0. The lowest BCUT2D eigenvalue weighted by Gasteiger charge is -2.37. The smallest absolute Gasteiger partial charge is 0.0431 e. The minimum atomic E-state index is 0.945. The van der Waals surface area contributed by atoms with E-state index in [1.807, 2.05) is 0 Å². The van der Waals surface area contributed by atoms with Crippen LogP contribution in [0, 0.1) is 0 Å². The number of nitrogens with zero attached hydrogens (tertiary/aromatic N) is 1. The van der Waals surface area contributed by atoms with Crippen molar-refractivity contribution < 1.29 is 0 Å². The van der Waals surface area contributed by atoms with Crippen molar-refractivity contribution in [3.8, 4) is 0 Å². The van der Waals surface area contributed by atoms with Crippen LogP contribution in [-0.2, 0) is 18.6 Å². The van der Waals surface area contributed by atoms with E-state index >= 15 is 0 Å². The van der Waals surface area contributed by atoms with Crippen molar-refractivity contribution in [2.45, 2.75) is 31.4 Å². The molecule has 2 heterocycles. The number of nitrogens with two attached hydrogens (primary N) is 1. The summed E-state index contributed by atoms with van der Waals surface area (Å²) in [6.07, 6.45) is 5.13. The Hall–Kier alpha value is -0.670. The molecule has 16 heavy (non-hydrogen) atoms. The molecule has 0 atom stereocenters. The molecular formula is C13H18N2S. The molecular weight excluding hydrogens is 216 g/mol. The van der Waals surface area contributed by atoms with Crippen LogP contribution in [-0.4, -0.2) is 13.1 Å². The molecule has 0 saturated carbocycles. The van der Waals surface area contributed by atoms with Gasteiger partial charge in [-0.05, 0) is 42.4 Å². The Kier molecular flexibility index (Phi) is 2.82. The van der Waals surface area contributed by atoms with Gasteiger partial charge in [0, 0.05) is 24.5 Å². The lowest BCUT2D eigenvalue weighted by atomic mass is 9.90. The molecule has 3 rings (SSSR count). The van der Waals surface area contributed by atoms with Crippen LogP contribution in [0.5, 0.6) is 0 Å². The van der Waals surface area contributed by atoms with E-state index in [0.29, 0.717) is 0 Å². The van der Waals surface area contributed by atoms with E-state index in [1.54, 1.807) is 16.8 Å². The fraction of sp³-hybridized carbons (Fsp3) is 0.538. The standard InChI is InChI=1S/C13H18N2S/c14-16-9-10-7-11-3-1-5-15-6-2-4-12(8-10)13(11)15/h7-8H,1-6,9,14H2. The monoisotopic (exact) mass is 234 g/mol. The van der Waals surface area contributed by atoms with Crippen LogP contribution in [0.3, 0.4) is 0 Å². The predicted octanol–water partition coefficient (Wildman–Crippen LogP) is 2.49. The summed E-state index contributed by atoms with van der Waals surface area (Å²) in [5.41, 5.74) is 6.09. The molecule has 1 aromatic rings. The van der Waals surface area contributed by atoms with Crippen molar-refractivity contribution in [2.24, 2.45) is 5.14 Å².